The van der Waals surface area contributed by atoms with Crippen molar-refractivity contribution < 1.29 is 4.79 Å². The quantitative estimate of drug-likeness (QED) is 0.707. The number of hydrogen-bond donors (Lipinski definition) is 1. The Balaban J connectivity index is 1.79. The highest BCUT2D eigenvalue weighted by atomic mass is 35.5. The van der Waals surface area contributed by atoms with Gasteiger partial charge in [0.15, 0.2) is 0 Å². The molecule has 24 heavy (non-hydrogen) atoms. The van der Waals surface area contributed by atoms with Crippen molar-refractivity contribution in [2.24, 2.45) is 0 Å². The van der Waals surface area contributed by atoms with Gasteiger partial charge >= 0.3 is 0 Å². The molecule has 0 spiro atoms. The van der Waals surface area contributed by atoms with E-state index in [4.69, 9.17) is 11.6 Å². The van der Waals surface area contributed by atoms with Crippen molar-refractivity contribution >= 4 is 23.2 Å². The van der Waals surface area contributed by atoms with Crippen LogP contribution in [0.25, 0.3) is 11.3 Å². The van der Waals surface area contributed by atoms with E-state index >= 15 is 0 Å². The smallest absolute Gasteiger partial charge is 0.255 e. The number of amides is 1. The Bertz CT molecular complexity index is 888. The van der Waals surface area contributed by atoms with Crippen LogP contribution in [-0.4, -0.2) is 10.9 Å². The minimum Gasteiger partial charge on any atom is -0.322 e. The highest BCUT2D eigenvalue weighted by Gasteiger charge is 2.09. The molecule has 2 aromatic carbocycles. The van der Waals surface area contributed by atoms with E-state index in [-0.39, 0.29) is 5.91 Å². The maximum atomic E-state index is 12.4. The lowest BCUT2D eigenvalue weighted by atomic mass is 10.1. The van der Waals surface area contributed by atoms with E-state index in [1.165, 1.54) is 5.56 Å². The lowest BCUT2D eigenvalue weighted by Crippen LogP contribution is -2.11. The van der Waals surface area contributed by atoms with Crippen LogP contribution in [0.3, 0.4) is 0 Å². The first-order valence-electron chi connectivity index (χ1n) is 7.64. The van der Waals surface area contributed by atoms with Crippen LogP contribution in [0.4, 0.5) is 5.69 Å². The van der Waals surface area contributed by atoms with E-state index < -0.39 is 0 Å². The Kier molecular flexibility index (Phi) is 4.63. The Morgan fingerprint density at radius 1 is 1.00 bits per heavy atom. The fourth-order valence-electron chi connectivity index (χ4n) is 2.40. The number of halogens is 1. The van der Waals surface area contributed by atoms with Gasteiger partial charge in [0.2, 0.25) is 0 Å². The molecule has 0 aliphatic rings. The molecule has 1 heterocycles. The molecule has 0 fully saturated rings. The van der Waals surface area contributed by atoms with E-state index in [2.05, 4.69) is 10.3 Å². The Morgan fingerprint density at radius 2 is 1.75 bits per heavy atom. The fraction of sp³-hybridized carbons (Fsp3) is 0.100. The molecule has 4 heteroatoms. The number of nitrogens with one attached hydrogen (secondary N) is 1. The maximum absolute atomic E-state index is 12.4. The summed E-state index contributed by atoms with van der Waals surface area (Å²) in [6, 6.07) is 16.7. The summed E-state index contributed by atoms with van der Waals surface area (Å²) < 4.78 is 0. The predicted molar refractivity (Wildman–Crippen MR) is 98.6 cm³/mol. The molecule has 1 aromatic heterocycles. The van der Waals surface area contributed by atoms with Crippen LogP contribution in [0, 0.1) is 13.8 Å². The Hall–Kier alpha value is -2.65. The molecule has 0 aliphatic heterocycles. The molecule has 3 aromatic rings. The highest BCUT2D eigenvalue weighted by molar-refractivity contribution is 6.33. The molecule has 0 atom stereocenters. The van der Waals surface area contributed by atoms with Gasteiger partial charge in [-0.25, -0.2) is 0 Å². The third-order valence-corrected chi connectivity index (χ3v) is 4.25. The summed E-state index contributed by atoms with van der Waals surface area (Å²) in [5.74, 6) is -0.142. The van der Waals surface area contributed by atoms with Crippen molar-refractivity contribution in [3.05, 3.63) is 82.5 Å². The lowest BCUT2D eigenvalue weighted by Gasteiger charge is -2.08. The zero-order valence-electron chi connectivity index (χ0n) is 13.5. The average molecular weight is 337 g/mol. The maximum Gasteiger partial charge on any atom is 0.255 e. The van der Waals surface area contributed by atoms with Gasteiger partial charge in [0.25, 0.3) is 5.91 Å². The molecule has 0 bridgehead atoms. The summed E-state index contributed by atoms with van der Waals surface area (Å²) in [4.78, 5) is 16.6. The average Bonchev–Trinajstić information content (AvgIpc) is 2.59. The summed E-state index contributed by atoms with van der Waals surface area (Å²) in [5.41, 5.74) is 5.31. The number of anilines is 1. The molecule has 1 amide bonds. The SMILES string of the molecule is Cc1ccc(NC(=O)c2ccc(-c3ncccc3Cl)cc2)cc1C. The van der Waals surface area contributed by atoms with Gasteiger partial charge < -0.3 is 5.32 Å². The number of benzene rings is 2. The minimum atomic E-state index is -0.142. The van der Waals surface area contributed by atoms with Gasteiger partial charge in [-0.3, -0.25) is 9.78 Å². The van der Waals surface area contributed by atoms with Crippen molar-refractivity contribution in [2.75, 3.05) is 5.32 Å². The number of carbonyl (C=O) groups excluding carboxylic acids is 1. The van der Waals surface area contributed by atoms with Crippen LogP contribution in [0.15, 0.2) is 60.8 Å². The summed E-state index contributed by atoms with van der Waals surface area (Å²) in [6.07, 6.45) is 1.70. The second kappa shape index (κ2) is 6.85. The summed E-state index contributed by atoms with van der Waals surface area (Å²) in [5, 5.41) is 3.50. The molecule has 0 unspecified atom stereocenters. The molecule has 0 saturated carbocycles. The highest BCUT2D eigenvalue weighted by Crippen LogP contribution is 2.25. The van der Waals surface area contributed by atoms with E-state index in [1.807, 2.05) is 44.2 Å². The summed E-state index contributed by atoms with van der Waals surface area (Å²) in [7, 11) is 0. The van der Waals surface area contributed by atoms with Gasteiger partial charge in [-0.1, -0.05) is 29.8 Å². The Morgan fingerprint density at radius 3 is 2.42 bits per heavy atom. The first-order chi connectivity index (χ1) is 11.5. The van der Waals surface area contributed by atoms with Crippen LogP contribution < -0.4 is 5.32 Å². The molecule has 0 saturated heterocycles. The molecule has 3 nitrogen and oxygen atoms in total. The summed E-state index contributed by atoms with van der Waals surface area (Å²) >= 11 is 6.15. The number of aromatic nitrogens is 1. The van der Waals surface area contributed by atoms with Gasteiger partial charge in [0.1, 0.15) is 0 Å². The predicted octanol–water partition coefficient (Wildman–Crippen LogP) is 5.27. The number of carbonyl (C=O) groups is 1. The minimum absolute atomic E-state index is 0.142. The van der Waals surface area contributed by atoms with Crippen molar-refractivity contribution in [3.63, 3.8) is 0 Å². The van der Waals surface area contributed by atoms with Crippen molar-refractivity contribution in [2.45, 2.75) is 13.8 Å². The van der Waals surface area contributed by atoms with E-state index in [0.717, 1.165) is 16.8 Å². The topological polar surface area (TPSA) is 42.0 Å². The monoisotopic (exact) mass is 336 g/mol. The molecular weight excluding hydrogens is 320 g/mol. The second-order valence-electron chi connectivity index (χ2n) is 5.66. The zero-order chi connectivity index (χ0) is 17.1. The number of hydrogen-bond acceptors (Lipinski definition) is 2. The van der Waals surface area contributed by atoms with Crippen LogP contribution in [0.5, 0.6) is 0 Å². The van der Waals surface area contributed by atoms with E-state index in [1.54, 1.807) is 30.5 Å². The summed E-state index contributed by atoms with van der Waals surface area (Å²) in [6.45, 7) is 4.07. The largest absolute Gasteiger partial charge is 0.322 e. The molecule has 120 valence electrons. The van der Waals surface area contributed by atoms with Crippen LogP contribution in [-0.2, 0) is 0 Å². The first-order valence-corrected chi connectivity index (χ1v) is 8.02. The zero-order valence-corrected chi connectivity index (χ0v) is 14.3. The van der Waals surface area contributed by atoms with Gasteiger partial charge in [0.05, 0.1) is 10.7 Å². The lowest BCUT2D eigenvalue weighted by molar-refractivity contribution is 0.102. The van der Waals surface area contributed by atoms with Gasteiger partial charge in [-0.15, -0.1) is 0 Å². The van der Waals surface area contributed by atoms with Gasteiger partial charge in [-0.05, 0) is 61.4 Å². The number of aryl methyl sites for hydroxylation is 2. The van der Waals surface area contributed by atoms with E-state index in [0.29, 0.717) is 16.3 Å². The normalized spacial score (nSPS) is 10.5. The molecule has 0 radical (unpaired) electrons. The second-order valence-corrected chi connectivity index (χ2v) is 6.07. The molecule has 1 N–H and O–H groups in total. The van der Waals surface area contributed by atoms with Crippen LogP contribution in [0.1, 0.15) is 21.5 Å². The third-order valence-electron chi connectivity index (χ3n) is 3.94. The number of nitrogens with zero attached hydrogens (tertiary/aromatic N) is 1. The van der Waals surface area contributed by atoms with E-state index in [9.17, 15) is 4.79 Å². The van der Waals surface area contributed by atoms with Gasteiger partial charge in [0, 0.05) is 23.0 Å². The molecule has 3 rings (SSSR count). The first kappa shape index (κ1) is 16.2. The van der Waals surface area contributed by atoms with Crippen molar-refractivity contribution in [3.8, 4) is 11.3 Å². The van der Waals surface area contributed by atoms with Crippen LogP contribution >= 0.6 is 11.6 Å². The standard InChI is InChI=1S/C20H17ClN2O/c1-13-5-10-17(12-14(13)2)23-20(24)16-8-6-15(7-9-16)19-18(21)4-3-11-22-19/h3-12H,1-2H3,(H,23,24). The van der Waals surface area contributed by atoms with Crippen molar-refractivity contribution in [1.29, 1.82) is 0 Å². The number of pyridine rings is 1. The third kappa shape index (κ3) is 3.47. The Labute approximate surface area is 146 Å². The number of rotatable bonds is 3. The van der Waals surface area contributed by atoms with Crippen LogP contribution in [0.2, 0.25) is 5.02 Å². The van der Waals surface area contributed by atoms with Crippen molar-refractivity contribution in [1.82, 2.24) is 4.98 Å². The molecule has 0 aliphatic carbocycles. The van der Waals surface area contributed by atoms with Gasteiger partial charge in [-0.2, -0.15) is 0 Å². The molecular formula is C20H17ClN2O. The fourth-order valence-corrected chi connectivity index (χ4v) is 2.63.